The minimum atomic E-state index is -0.974. The third kappa shape index (κ3) is 9.67. The Labute approximate surface area is 301 Å². The molecule has 0 radical (unpaired) electrons. The van der Waals surface area contributed by atoms with E-state index in [0.29, 0.717) is 31.3 Å². The first-order chi connectivity index (χ1) is 24.8. The predicted molar refractivity (Wildman–Crippen MR) is 200 cm³/mol. The van der Waals surface area contributed by atoms with Gasteiger partial charge in [-0.25, -0.2) is 4.79 Å². The average Bonchev–Trinajstić information content (AvgIpc) is 3.60. The number of aromatic amines is 1. The highest BCUT2D eigenvalue weighted by atomic mass is 16.5. The molecule has 1 saturated carbocycles. The highest BCUT2D eigenvalue weighted by molar-refractivity contribution is 5.95. The predicted octanol–water partition coefficient (Wildman–Crippen LogP) is 6.24. The minimum absolute atomic E-state index is 0.00950. The molecule has 1 aliphatic carbocycles. The van der Waals surface area contributed by atoms with Crippen LogP contribution in [0.3, 0.4) is 0 Å². The van der Waals surface area contributed by atoms with E-state index in [0.717, 1.165) is 67.7 Å². The number of fused-ring (bicyclic) bond motifs is 1. The quantitative estimate of drug-likeness (QED) is 0.123. The molecule has 2 N–H and O–H groups in total. The van der Waals surface area contributed by atoms with Gasteiger partial charge in [-0.2, -0.15) is 0 Å². The van der Waals surface area contributed by atoms with Crippen LogP contribution in [0.1, 0.15) is 78.1 Å². The van der Waals surface area contributed by atoms with E-state index in [9.17, 15) is 19.2 Å². The number of rotatable bonds is 13. The third-order valence-corrected chi connectivity index (χ3v) is 10.1. The van der Waals surface area contributed by atoms with Crippen LogP contribution < -0.4 is 15.5 Å². The largest absolute Gasteiger partial charge is 0.497 e. The van der Waals surface area contributed by atoms with Crippen LogP contribution in [0.2, 0.25) is 0 Å². The average molecular weight is 699 g/mol. The van der Waals surface area contributed by atoms with Crippen molar-refractivity contribution in [3.63, 3.8) is 0 Å². The normalized spacial score (nSPS) is 21.6. The van der Waals surface area contributed by atoms with Crippen LogP contribution in [0.4, 0.5) is 0 Å². The summed E-state index contributed by atoms with van der Waals surface area (Å²) in [6, 6.07) is 16.3. The zero-order valence-corrected chi connectivity index (χ0v) is 30.5. The molecule has 2 amide bonds. The zero-order valence-electron chi connectivity index (χ0n) is 30.5. The molecular weight excluding hydrogens is 644 g/mol. The molecule has 10 heteroatoms. The lowest BCUT2D eigenvalue weighted by Crippen LogP contribution is -2.54. The van der Waals surface area contributed by atoms with E-state index in [1.165, 1.54) is 19.3 Å². The number of unbranched alkanes of at least 4 members (excludes halogenated alkanes) is 3. The number of methoxy groups -OCH3 is 1. The molecule has 3 fully saturated rings. The summed E-state index contributed by atoms with van der Waals surface area (Å²) in [5.74, 6) is 0.141. The Morgan fingerprint density at radius 3 is 2.49 bits per heavy atom. The van der Waals surface area contributed by atoms with E-state index in [1.54, 1.807) is 37.1 Å². The maximum atomic E-state index is 13.2. The van der Waals surface area contributed by atoms with Crippen LogP contribution in [0.25, 0.3) is 22.2 Å². The number of nitrogens with zero attached hydrogens (tertiary/aromatic N) is 2. The number of ether oxygens (including phenoxy) is 2. The molecule has 2 aromatic carbocycles. The summed E-state index contributed by atoms with van der Waals surface area (Å²) in [6.07, 6.45) is 14.2. The van der Waals surface area contributed by atoms with Gasteiger partial charge in [-0.1, -0.05) is 68.7 Å². The molecule has 3 aromatic rings. The smallest absolute Gasteiger partial charge is 0.332 e. The van der Waals surface area contributed by atoms with Crippen LogP contribution in [0.5, 0.6) is 5.75 Å². The Kier molecular flexibility index (Phi) is 13.5. The topological polar surface area (TPSA) is 121 Å². The first-order valence-corrected chi connectivity index (χ1v) is 18.7. The number of carbonyl (C=O) groups excluding carboxylic acids is 3. The number of piperidine rings is 1. The fourth-order valence-corrected chi connectivity index (χ4v) is 7.15. The number of carbonyl (C=O) groups is 3. The number of esters is 1. The second-order valence-corrected chi connectivity index (χ2v) is 13.8. The number of hydrogen-bond acceptors (Lipinski definition) is 7. The molecule has 0 bridgehead atoms. The summed E-state index contributed by atoms with van der Waals surface area (Å²) in [5.41, 5.74) is 1.62. The summed E-state index contributed by atoms with van der Waals surface area (Å²) in [7, 11) is 1.61. The number of nitrogens with one attached hydrogen (secondary N) is 2. The molecule has 3 aliphatic rings. The number of pyridine rings is 1. The van der Waals surface area contributed by atoms with Crippen molar-refractivity contribution >= 4 is 28.7 Å². The van der Waals surface area contributed by atoms with Gasteiger partial charge in [0, 0.05) is 35.7 Å². The molecule has 274 valence electrons. The van der Waals surface area contributed by atoms with Crippen molar-refractivity contribution in [2.75, 3.05) is 39.9 Å². The molecule has 0 spiro atoms. The van der Waals surface area contributed by atoms with Gasteiger partial charge in [-0.3, -0.25) is 19.3 Å². The molecule has 6 rings (SSSR count). The zero-order chi connectivity index (χ0) is 36.2. The highest BCUT2D eigenvalue weighted by Crippen LogP contribution is 2.46. The first kappa shape index (κ1) is 37.8. The maximum Gasteiger partial charge on any atom is 0.332 e. The van der Waals surface area contributed by atoms with Crippen molar-refractivity contribution in [2.45, 2.75) is 89.6 Å². The lowest BCUT2D eigenvalue weighted by molar-refractivity contribution is -0.150. The van der Waals surface area contributed by atoms with E-state index in [-0.39, 0.29) is 35.7 Å². The first-order valence-electron chi connectivity index (χ1n) is 18.7. The Morgan fingerprint density at radius 1 is 0.980 bits per heavy atom. The molecule has 3 heterocycles. The minimum Gasteiger partial charge on any atom is -0.497 e. The van der Waals surface area contributed by atoms with Crippen molar-refractivity contribution in [1.29, 1.82) is 0 Å². The highest BCUT2D eigenvalue weighted by Gasteiger charge is 2.62. The number of likely N-dealkylation sites (tertiary alicyclic amines) is 2. The number of benzene rings is 2. The van der Waals surface area contributed by atoms with Gasteiger partial charge in [-0.05, 0) is 82.7 Å². The summed E-state index contributed by atoms with van der Waals surface area (Å²) in [6.45, 7) is 7.14. The number of hydrogen-bond donors (Lipinski definition) is 2. The van der Waals surface area contributed by atoms with Crippen molar-refractivity contribution in [3.8, 4) is 17.0 Å². The van der Waals surface area contributed by atoms with E-state index in [4.69, 9.17) is 9.47 Å². The fraction of sp³-hybridized carbons (Fsp3) is 0.512. The molecule has 51 heavy (non-hydrogen) atoms. The number of H-pyrrole nitrogens is 1. The van der Waals surface area contributed by atoms with Crippen LogP contribution in [0.15, 0.2) is 71.5 Å². The summed E-state index contributed by atoms with van der Waals surface area (Å²) >= 11 is 0. The van der Waals surface area contributed by atoms with Gasteiger partial charge in [0.05, 0.1) is 25.8 Å². The van der Waals surface area contributed by atoms with Crippen molar-refractivity contribution < 1.29 is 23.9 Å². The molecule has 2 aliphatic heterocycles. The van der Waals surface area contributed by atoms with Crippen LogP contribution in [0, 0.1) is 5.92 Å². The monoisotopic (exact) mass is 698 g/mol. The van der Waals surface area contributed by atoms with Crippen molar-refractivity contribution in [2.24, 2.45) is 5.92 Å². The standard InChI is InChI=1S/C25H41N3O4.C16H13NO2/c1-3-5-6-7-9-13-20-18-25(20,24(31)32-4-2)26-23(30)21-14-12-17-28(21)22(29)19-27-15-10-8-11-16-27;1-19-12-7-8-13-15(9-12)17-14(10-16(13)18)11-5-3-2-4-6-11/h9,13,20-21H,3-8,10-12,14-19H2,1-2H3,(H,26,30);2-10H,1H3,(H,17,18)/b13-9-;/t20?,21-,25?;/m0./s1. The molecule has 3 atom stereocenters. The van der Waals surface area contributed by atoms with Crippen LogP contribution >= 0.6 is 0 Å². The van der Waals surface area contributed by atoms with Gasteiger partial charge in [0.1, 0.15) is 17.3 Å². The van der Waals surface area contributed by atoms with Gasteiger partial charge in [0.2, 0.25) is 11.8 Å². The fourth-order valence-electron chi connectivity index (χ4n) is 7.15. The van der Waals surface area contributed by atoms with Gasteiger partial charge in [0.25, 0.3) is 0 Å². The van der Waals surface area contributed by atoms with Crippen molar-refractivity contribution in [3.05, 3.63) is 77.0 Å². The van der Waals surface area contributed by atoms with Gasteiger partial charge < -0.3 is 24.7 Å². The molecule has 10 nitrogen and oxygen atoms in total. The molecule has 2 saturated heterocycles. The second kappa shape index (κ2) is 18.2. The Morgan fingerprint density at radius 2 is 1.76 bits per heavy atom. The van der Waals surface area contributed by atoms with Crippen molar-refractivity contribution in [1.82, 2.24) is 20.1 Å². The Balaban J connectivity index is 0.000000224. The second-order valence-electron chi connectivity index (χ2n) is 13.8. The Bertz CT molecular complexity index is 1720. The van der Waals surface area contributed by atoms with E-state index in [1.807, 2.05) is 36.4 Å². The summed E-state index contributed by atoms with van der Waals surface area (Å²) in [4.78, 5) is 58.2. The van der Waals surface area contributed by atoms with Gasteiger partial charge in [-0.15, -0.1) is 0 Å². The number of aromatic nitrogens is 1. The lowest BCUT2D eigenvalue weighted by atomic mass is 10.1. The summed E-state index contributed by atoms with van der Waals surface area (Å²) < 4.78 is 10.5. The molecule has 1 aromatic heterocycles. The third-order valence-electron chi connectivity index (χ3n) is 10.1. The maximum absolute atomic E-state index is 13.2. The molecule has 2 unspecified atom stereocenters. The number of amides is 2. The number of allylic oxidation sites excluding steroid dienone is 1. The summed E-state index contributed by atoms with van der Waals surface area (Å²) in [5, 5.41) is 3.68. The van der Waals surface area contributed by atoms with Crippen LogP contribution in [-0.4, -0.2) is 84.0 Å². The van der Waals surface area contributed by atoms with Gasteiger partial charge in [0.15, 0.2) is 5.43 Å². The Hall–Kier alpha value is -4.44. The van der Waals surface area contributed by atoms with E-state index in [2.05, 4.69) is 34.3 Å². The van der Waals surface area contributed by atoms with E-state index < -0.39 is 11.6 Å². The van der Waals surface area contributed by atoms with E-state index >= 15 is 0 Å². The lowest BCUT2D eigenvalue weighted by Gasteiger charge is -2.30. The van der Waals surface area contributed by atoms with Gasteiger partial charge >= 0.3 is 5.97 Å². The van der Waals surface area contributed by atoms with Crippen LogP contribution in [-0.2, 0) is 19.1 Å². The SMILES string of the molecule is CCCCC/C=C\C1CC1(NC(=O)[C@@H]1CCCN1C(=O)CN1CCCCC1)C(=O)OCC.COc1ccc2c(=O)cc(-c3ccccc3)[nH]c2c1. The molecular formula is C41H54N4O6.